The molecule has 0 bridgehead atoms. The van der Waals surface area contributed by atoms with E-state index >= 15 is 0 Å². The summed E-state index contributed by atoms with van der Waals surface area (Å²) in [7, 11) is 0. The zero-order chi connectivity index (χ0) is 44.4. The Labute approximate surface area is 378 Å². The Bertz CT molecular complexity index is 1080. The molecule has 3 N–H and O–H groups in total. The van der Waals surface area contributed by atoms with Gasteiger partial charge < -0.3 is 20.3 Å². The summed E-state index contributed by atoms with van der Waals surface area (Å²) < 4.78 is 5.43. The molecule has 2 unspecified atom stereocenters. The lowest BCUT2D eigenvalue weighted by atomic mass is 10.0. The van der Waals surface area contributed by atoms with Crippen LogP contribution in [-0.4, -0.2) is 47.4 Å². The minimum atomic E-state index is -0.881. The van der Waals surface area contributed by atoms with E-state index in [0.717, 1.165) is 64.2 Å². The van der Waals surface area contributed by atoms with Crippen LogP contribution in [-0.2, 0) is 14.3 Å². The van der Waals surface area contributed by atoms with Gasteiger partial charge in [0, 0.05) is 12.8 Å². The molecule has 61 heavy (non-hydrogen) atoms. The fourth-order valence-corrected chi connectivity index (χ4v) is 7.48. The highest BCUT2D eigenvalue weighted by Gasteiger charge is 2.17. The standard InChI is InChI=1S/C55H99NO5/c1-3-5-7-9-11-13-15-17-18-19-20-21-24-27-31-35-39-43-47-53(58)52(51-57)56-54(59)48-44-40-36-32-28-25-22-26-30-34-38-42-46-50-61-55(60)49-45-41-37-33-29-23-16-14-12-10-8-6-4-2/h8,10,14,16,25,28,36,40,43,47,52-53,57-58H,3-7,9,11-13,15,17-24,26-27,29-35,37-39,41-42,44-46,48-51H2,1-2H3,(H,56,59)/b10-8-,16-14-,28-25-,40-36-,47-43+. The van der Waals surface area contributed by atoms with Gasteiger partial charge in [-0.15, -0.1) is 0 Å². The molecule has 0 heterocycles. The van der Waals surface area contributed by atoms with E-state index in [1.807, 2.05) is 12.2 Å². The highest BCUT2D eigenvalue weighted by Crippen LogP contribution is 2.15. The number of hydrogen-bond acceptors (Lipinski definition) is 5. The Morgan fingerprint density at radius 3 is 1.34 bits per heavy atom. The molecule has 0 aliphatic heterocycles. The lowest BCUT2D eigenvalue weighted by Crippen LogP contribution is -2.45. The van der Waals surface area contributed by atoms with Crippen LogP contribution in [0.1, 0.15) is 251 Å². The van der Waals surface area contributed by atoms with E-state index in [2.05, 4.69) is 61.7 Å². The molecular weight excluding hydrogens is 755 g/mol. The number of rotatable bonds is 47. The first-order chi connectivity index (χ1) is 30.0. The zero-order valence-electron chi connectivity index (χ0n) is 40.1. The van der Waals surface area contributed by atoms with E-state index < -0.39 is 12.1 Å². The van der Waals surface area contributed by atoms with Gasteiger partial charge in [-0.25, -0.2) is 0 Å². The molecule has 0 radical (unpaired) electrons. The Morgan fingerprint density at radius 1 is 0.459 bits per heavy atom. The number of unbranched alkanes of at least 4 members (excludes halogenated alkanes) is 28. The van der Waals surface area contributed by atoms with Crippen LogP contribution in [0.5, 0.6) is 0 Å². The molecule has 0 aromatic rings. The van der Waals surface area contributed by atoms with E-state index in [1.54, 1.807) is 6.08 Å². The molecule has 354 valence electrons. The molecule has 0 aromatic carbocycles. The normalized spacial score (nSPS) is 13.2. The van der Waals surface area contributed by atoms with E-state index in [4.69, 9.17) is 4.74 Å². The average Bonchev–Trinajstić information content (AvgIpc) is 3.26. The van der Waals surface area contributed by atoms with Crippen LogP contribution >= 0.6 is 0 Å². The van der Waals surface area contributed by atoms with Crippen molar-refractivity contribution in [3.05, 3.63) is 60.8 Å². The van der Waals surface area contributed by atoms with Gasteiger partial charge >= 0.3 is 5.97 Å². The molecule has 0 aliphatic carbocycles. The van der Waals surface area contributed by atoms with Crippen LogP contribution in [0.25, 0.3) is 0 Å². The summed E-state index contributed by atoms with van der Waals surface area (Å²) in [6, 6.07) is -0.674. The minimum Gasteiger partial charge on any atom is -0.466 e. The Balaban J connectivity index is 3.62. The second-order valence-corrected chi connectivity index (χ2v) is 17.5. The van der Waals surface area contributed by atoms with E-state index in [0.29, 0.717) is 25.9 Å². The summed E-state index contributed by atoms with van der Waals surface area (Å²) in [6.45, 7) is 4.76. The zero-order valence-corrected chi connectivity index (χ0v) is 40.1. The molecule has 0 saturated heterocycles. The van der Waals surface area contributed by atoms with Crippen LogP contribution in [0, 0.1) is 0 Å². The SMILES string of the molecule is CCC/C=C\C/C=C\CCCCCCCC(=O)OCCCCCCCC/C=C\C/C=C\CCC(=O)NC(CO)C(O)/C=C/CCCCCCCCCCCCCCCCCC. The molecular formula is C55H99NO5. The Morgan fingerprint density at radius 2 is 0.869 bits per heavy atom. The molecule has 0 aromatic heterocycles. The number of allylic oxidation sites excluding steroid dienone is 9. The molecule has 6 nitrogen and oxygen atoms in total. The minimum absolute atomic E-state index is 0.0348. The topological polar surface area (TPSA) is 95.9 Å². The van der Waals surface area contributed by atoms with Gasteiger partial charge in [0.05, 0.1) is 25.4 Å². The fraction of sp³-hybridized carbons (Fsp3) is 0.782. The number of esters is 1. The Hall–Kier alpha value is -2.44. The molecule has 0 saturated carbocycles. The lowest BCUT2D eigenvalue weighted by Gasteiger charge is -2.19. The maximum atomic E-state index is 12.4. The third-order valence-electron chi connectivity index (χ3n) is 11.5. The number of nitrogens with one attached hydrogen (secondary N) is 1. The van der Waals surface area contributed by atoms with Gasteiger partial charge in [0.25, 0.3) is 0 Å². The van der Waals surface area contributed by atoms with Crippen molar-refractivity contribution >= 4 is 11.9 Å². The number of ether oxygens (including phenoxy) is 1. The number of aliphatic hydroxyl groups is 2. The van der Waals surface area contributed by atoms with Gasteiger partial charge in [-0.2, -0.15) is 0 Å². The van der Waals surface area contributed by atoms with Crippen LogP contribution in [0.4, 0.5) is 0 Å². The number of aliphatic hydroxyl groups excluding tert-OH is 2. The van der Waals surface area contributed by atoms with Crippen molar-refractivity contribution in [3.63, 3.8) is 0 Å². The fourth-order valence-electron chi connectivity index (χ4n) is 7.48. The second-order valence-electron chi connectivity index (χ2n) is 17.5. The molecule has 0 spiro atoms. The van der Waals surface area contributed by atoms with Crippen LogP contribution < -0.4 is 5.32 Å². The second kappa shape index (κ2) is 50.2. The number of carbonyl (C=O) groups is 2. The third-order valence-corrected chi connectivity index (χ3v) is 11.5. The van der Waals surface area contributed by atoms with Crippen LogP contribution in [0.15, 0.2) is 60.8 Å². The van der Waals surface area contributed by atoms with Crippen LogP contribution in [0.2, 0.25) is 0 Å². The highest BCUT2D eigenvalue weighted by atomic mass is 16.5. The van der Waals surface area contributed by atoms with Crippen molar-refractivity contribution in [1.82, 2.24) is 5.32 Å². The van der Waals surface area contributed by atoms with Crippen molar-refractivity contribution in [2.24, 2.45) is 0 Å². The van der Waals surface area contributed by atoms with Crippen molar-refractivity contribution in [1.29, 1.82) is 0 Å². The first-order valence-electron chi connectivity index (χ1n) is 26.1. The van der Waals surface area contributed by atoms with Gasteiger partial charge in [-0.1, -0.05) is 222 Å². The van der Waals surface area contributed by atoms with Crippen molar-refractivity contribution < 1.29 is 24.5 Å². The van der Waals surface area contributed by atoms with Gasteiger partial charge in [-0.05, 0) is 77.0 Å². The number of amides is 1. The van der Waals surface area contributed by atoms with E-state index in [1.165, 1.54) is 154 Å². The maximum absolute atomic E-state index is 12.4. The monoisotopic (exact) mass is 854 g/mol. The molecule has 0 fully saturated rings. The van der Waals surface area contributed by atoms with Gasteiger partial charge in [-0.3, -0.25) is 9.59 Å². The average molecular weight is 854 g/mol. The summed E-state index contributed by atoms with van der Waals surface area (Å²) in [5.74, 6) is -0.185. The van der Waals surface area contributed by atoms with Crippen molar-refractivity contribution in [2.45, 2.75) is 264 Å². The Kier molecular flexibility index (Phi) is 48.2. The quantitative estimate of drug-likeness (QED) is 0.0322. The summed E-state index contributed by atoms with van der Waals surface area (Å²) in [6.07, 6.45) is 63.8. The molecule has 0 aliphatic rings. The summed E-state index contributed by atoms with van der Waals surface area (Å²) >= 11 is 0. The summed E-state index contributed by atoms with van der Waals surface area (Å²) in [4.78, 5) is 24.4. The molecule has 1 amide bonds. The van der Waals surface area contributed by atoms with E-state index in [-0.39, 0.29) is 18.5 Å². The molecule has 0 rings (SSSR count). The first kappa shape index (κ1) is 58.6. The predicted octanol–water partition coefficient (Wildman–Crippen LogP) is 15.6. The van der Waals surface area contributed by atoms with Gasteiger partial charge in [0.15, 0.2) is 0 Å². The maximum Gasteiger partial charge on any atom is 0.305 e. The highest BCUT2D eigenvalue weighted by molar-refractivity contribution is 5.76. The van der Waals surface area contributed by atoms with Crippen molar-refractivity contribution in [3.8, 4) is 0 Å². The lowest BCUT2D eigenvalue weighted by molar-refractivity contribution is -0.143. The molecule has 2 atom stereocenters. The summed E-state index contributed by atoms with van der Waals surface area (Å²) in [5, 5.41) is 23.0. The molecule has 6 heteroatoms. The smallest absolute Gasteiger partial charge is 0.305 e. The third kappa shape index (κ3) is 46.9. The first-order valence-corrected chi connectivity index (χ1v) is 26.1. The van der Waals surface area contributed by atoms with Crippen LogP contribution in [0.3, 0.4) is 0 Å². The largest absolute Gasteiger partial charge is 0.466 e. The number of carbonyl (C=O) groups excluding carboxylic acids is 2. The van der Waals surface area contributed by atoms with E-state index in [9.17, 15) is 19.8 Å². The summed E-state index contributed by atoms with van der Waals surface area (Å²) in [5.41, 5.74) is 0. The predicted molar refractivity (Wildman–Crippen MR) is 264 cm³/mol. The number of hydrogen-bond donors (Lipinski definition) is 3. The van der Waals surface area contributed by atoms with Crippen molar-refractivity contribution in [2.75, 3.05) is 13.2 Å². The van der Waals surface area contributed by atoms with Gasteiger partial charge in [0.1, 0.15) is 0 Å². The van der Waals surface area contributed by atoms with Gasteiger partial charge in [0.2, 0.25) is 5.91 Å².